The topological polar surface area (TPSA) is 88.4 Å². The van der Waals surface area contributed by atoms with Crippen LogP contribution in [0.1, 0.15) is 37.9 Å². The van der Waals surface area contributed by atoms with Crippen LogP contribution in [0.3, 0.4) is 0 Å². The molecule has 2 aliphatic rings. The van der Waals surface area contributed by atoms with Gasteiger partial charge in [-0.3, -0.25) is 9.36 Å². The Labute approximate surface area is 233 Å². The minimum absolute atomic E-state index is 0.149. The molecule has 0 saturated heterocycles. The molecule has 0 N–H and O–H groups in total. The number of benzene rings is 2. The van der Waals surface area contributed by atoms with Crippen molar-refractivity contribution < 1.29 is 23.7 Å². The normalized spacial score (nSPS) is 16.6. The number of rotatable bonds is 5. The van der Waals surface area contributed by atoms with Crippen molar-refractivity contribution >= 4 is 55.2 Å². The second-order valence-corrected chi connectivity index (χ2v) is 11.4. The SMILES string of the molecule is COc1ccc(Br)cc1[C@H]1C(C(=O)OC(C)C)=C(C)N=c2s/c(=C\c3cc4c(cc3Br)OCO4)c(=O)n21. The summed E-state index contributed by atoms with van der Waals surface area (Å²) < 4.78 is 25.7. The number of nitrogens with zero attached hydrogens (tertiary/aromatic N) is 2. The molecular formula is C26H22Br2N2O6S. The summed E-state index contributed by atoms with van der Waals surface area (Å²) in [6.07, 6.45) is 1.43. The van der Waals surface area contributed by atoms with Crippen molar-refractivity contribution in [1.82, 2.24) is 4.57 Å². The van der Waals surface area contributed by atoms with Crippen molar-refractivity contribution in [2.24, 2.45) is 4.99 Å². The average molecular weight is 650 g/mol. The number of methoxy groups -OCH3 is 1. The van der Waals surface area contributed by atoms with E-state index >= 15 is 0 Å². The highest BCUT2D eigenvalue weighted by Gasteiger charge is 2.35. The van der Waals surface area contributed by atoms with Gasteiger partial charge in [-0.25, -0.2) is 9.79 Å². The maximum absolute atomic E-state index is 13.9. The zero-order valence-electron chi connectivity index (χ0n) is 20.3. The molecule has 8 nitrogen and oxygen atoms in total. The molecule has 3 aromatic rings. The summed E-state index contributed by atoms with van der Waals surface area (Å²) in [6.45, 7) is 5.46. The average Bonchev–Trinajstić information content (AvgIpc) is 3.41. The lowest BCUT2D eigenvalue weighted by Crippen LogP contribution is -2.40. The van der Waals surface area contributed by atoms with Gasteiger partial charge in [-0.05, 0) is 62.7 Å². The lowest BCUT2D eigenvalue weighted by molar-refractivity contribution is -0.143. The fraction of sp³-hybridized carbons (Fsp3) is 0.269. The van der Waals surface area contributed by atoms with Crippen LogP contribution in [0, 0.1) is 0 Å². The first-order chi connectivity index (χ1) is 17.7. The number of esters is 1. The number of carbonyl (C=O) groups is 1. The zero-order valence-corrected chi connectivity index (χ0v) is 24.3. The van der Waals surface area contributed by atoms with Crippen LogP contribution >= 0.6 is 43.2 Å². The fourth-order valence-electron chi connectivity index (χ4n) is 4.26. The van der Waals surface area contributed by atoms with Crippen LogP contribution in [0.15, 0.2) is 60.3 Å². The quantitative estimate of drug-likeness (QED) is 0.380. The minimum Gasteiger partial charge on any atom is -0.496 e. The lowest BCUT2D eigenvalue weighted by Gasteiger charge is -2.26. The smallest absolute Gasteiger partial charge is 0.338 e. The van der Waals surface area contributed by atoms with Crippen LogP contribution in [0.4, 0.5) is 0 Å². The molecule has 1 atom stereocenters. The number of halogens is 2. The Morgan fingerprint density at radius 1 is 1.22 bits per heavy atom. The molecule has 0 fully saturated rings. The van der Waals surface area contributed by atoms with E-state index < -0.39 is 12.0 Å². The fourth-order valence-corrected chi connectivity index (χ4v) is 6.11. The van der Waals surface area contributed by atoms with Crippen molar-refractivity contribution in [3.63, 3.8) is 0 Å². The summed E-state index contributed by atoms with van der Waals surface area (Å²) in [5.74, 6) is 1.24. The van der Waals surface area contributed by atoms with Gasteiger partial charge in [-0.15, -0.1) is 0 Å². The van der Waals surface area contributed by atoms with Crippen LogP contribution in [0.2, 0.25) is 0 Å². The third kappa shape index (κ3) is 4.75. The van der Waals surface area contributed by atoms with E-state index in [4.69, 9.17) is 18.9 Å². The highest BCUT2D eigenvalue weighted by Crippen LogP contribution is 2.38. The van der Waals surface area contributed by atoms with E-state index in [0.29, 0.717) is 37.8 Å². The number of fused-ring (bicyclic) bond motifs is 2. The lowest BCUT2D eigenvalue weighted by atomic mass is 9.95. The summed E-state index contributed by atoms with van der Waals surface area (Å²) >= 11 is 8.31. The number of hydrogen-bond donors (Lipinski definition) is 0. The molecule has 0 saturated carbocycles. The third-order valence-electron chi connectivity index (χ3n) is 5.85. The molecule has 2 aromatic carbocycles. The van der Waals surface area contributed by atoms with Crippen LogP contribution in [-0.4, -0.2) is 30.5 Å². The van der Waals surface area contributed by atoms with Gasteiger partial charge in [0.05, 0.1) is 29.0 Å². The van der Waals surface area contributed by atoms with Gasteiger partial charge in [-0.1, -0.05) is 43.2 Å². The van der Waals surface area contributed by atoms with E-state index in [1.807, 2.05) is 24.3 Å². The molecule has 0 radical (unpaired) electrons. The maximum Gasteiger partial charge on any atom is 0.338 e. The Hall–Kier alpha value is -2.89. The van der Waals surface area contributed by atoms with Crippen molar-refractivity contribution in [2.45, 2.75) is 32.9 Å². The molecule has 5 rings (SSSR count). The molecule has 2 aliphatic heterocycles. The molecule has 37 heavy (non-hydrogen) atoms. The Kier molecular flexibility index (Phi) is 7.03. The van der Waals surface area contributed by atoms with Crippen LogP contribution < -0.4 is 29.1 Å². The molecule has 0 unspecified atom stereocenters. The first kappa shape index (κ1) is 25.7. The third-order valence-corrected chi connectivity index (χ3v) is 8.01. The molecule has 0 bridgehead atoms. The van der Waals surface area contributed by atoms with Gasteiger partial charge in [0.1, 0.15) is 11.8 Å². The molecule has 1 aromatic heterocycles. The van der Waals surface area contributed by atoms with Gasteiger partial charge >= 0.3 is 5.97 Å². The standard InChI is InChI=1S/C26H22Br2N2O6S/c1-12(2)36-25(32)22-13(3)29-26-30(23(22)16-9-15(27)5-6-18(16)33-4)24(31)21(37-26)8-14-7-19-20(10-17(14)28)35-11-34-19/h5-10,12,23H,11H2,1-4H3/b21-8-/t23-/m0/s1. The number of allylic oxidation sites excluding steroid dienone is 1. The Bertz CT molecular complexity index is 1640. The van der Waals surface area contributed by atoms with Crippen molar-refractivity contribution in [3.05, 3.63) is 81.4 Å². The first-order valence-corrected chi connectivity index (χ1v) is 13.7. The summed E-state index contributed by atoms with van der Waals surface area (Å²) in [4.78, 5) is 32.3. The molecule has 0 spiro atoms. The van der Waals surface area contributed by atoms with Gasteiger partial charge in [0.2, 0.25) is 6.79 Å². The molecule has 0 amide bonds. The van der Waals surface area contributed by atoms with Crippen LogP contribution in [-0.2, 0) is 9.53 Å². The molecular weight excluding hydrogens is 628 g/mol. The van der Waals surface area contributed by atoms with Gasteiger partial charge in [0, 0.05) is 14.5 Å². The maximum atomic E-state index is 13.9. The van der Waals surface area contributed by atoms with E-state index in [-0.39, 0.29) is 24.0 Å². The highest BCUT2D eigenvalue weighted by molar-refractivity contribution is 9.10. The molecule has 3 heterocycles. The summed E-state index contributed by atoms with van der Waals surface area (Å²) in [5, 5.41) is 0. The van der Waals surface area contributed by atoms with Crippen molar-refractivity contribution in [2.75, 3.05) is 13.9 Å². The molecule has 11 heteroatoms. The van der Waals surface area contributed by atoms with Crippen molar-refractivity contribution in [3.8, 4) is 17.2 Å². The second kappa shape index (κ2) is 10.1. The van der Waals surface area contributed by atoms with Gasteiger partial charge in [0.25, 0.3) is 5.56 Å². The predicted molar refractivity (Wildman–Crippen MR) is 146 cm³/mol. The first-order valence-electron chi connectivity index (χ1n) is 11.3. The predicted octanol–water partition coefficient (Wildman–Crippen LogP) is 4.45. The Balaban J connectivity index is 1.75. The van der Waals surface area contributed by atoms with Crippen LogP contribution in [0.5, 0.6) is 17.2 Å². The number of hydrogen-bond acceptors (Lipinski definition) is 8. The Morgan fingerprint density at radius 3 is 2.65 bits per heavy atom. The number of thiazole rings is 1. The largest absolute Gasteiger partial charge is 0.496 e. The minimum atomic E-state index is -0.794. The molecule has 0 aliphatic carbocycles. The summed E-state index contributed by atoms with van der Waals surface area (Å²) in [5.41, 5.74) is 1.87. The van der Waals surface area contributed by atoms with Gasteiger partial charge in [-0.2, -0.15) is 0 Å². The number of ether oxygens (including phenoxy) is 4. The summed E-state index contributed by atoms with van der Waals surface area (Å²) in [7, 11) is 1.55. The number of aromatic nitrogens is 1. The molecule has 192 valence electrons. The summed E-state index contributed by atoms with van der Waals surface area (Å²) in [6, 6.07) is 8.31. The Morgan fingerprint density at radius 2 is 1.95 bits per heavy atom. The highest BCUT2D eigenvalue weighted by atomic mass is 79.9. The van der Waals surface area contributed by atoms with E-state index in [9.17, 15) is 9.59 Å². The number of carbonyl (C=O) groups excluding carboxylic acids is 1. The van der Waals surface area contributed by atoms with Gasteiger partial charge < -0.3 is 18.9 Å². The van der Waals surface area contributed by atoms with E-state index in [0.717, 1.165) is 14.5 Å². The van der Waals surface area contributed by atoms with Gasteiger partial charge in [0.15, 0.2) is 16.3 Å². The zero-order chi connectivity index (χ0) is 26.4. The van der Waals surface area contributed by atoms with E-state index in [2.05, 4.69) is 36.9 Å². The van der Waals surface area contributed by atoms with E-state index in [1.54, 1.807) is 40.0 Å². The van der Waals surface area contributed by atoms with E-state index in [1.165, 1.54) is 15.9 Å². The van der Waals surface area contributed by atoms with Crippen molar-refractivity contribution in [1.29, 1.82) is 0 Å². The monoisotopic (exact) mass is 648 g/mol. The second-order valence-electron chi connectivity index (χ2n) is 8.65. The van der Waals surface area contributed by atoms with Crippen LogP contribution in [0.25, 0.3) is 6.08 Å².